The summed E-state index contributed by atoms with van der Waals surface area (Å²) in [5.74, 6) is -1.07. The van der Waals surface area contributed by atoms with Crippen molar-refractivity contribution < 1.29 is 18.8 Å². The highest BCUT2D eigenvalue weighted by Crippen LogP contribution is 2.37. The number of hydrogen-bond acceptors (Lipinski definition) is 6. The van der Waals surface area contributed by atoms with Crippen LogP contribution in [0.5, 0.6) is 0 Å². The topological polar surface area (TPSA) is 108 Å². The lowest BCUT2D eigenvalue weighted by molar-refractivity contribution is -0.119. The Bertz CT molecular complexity index is 1750. The molecule has 0 aliphatic rings. The number of methoxy groups -OCH3 is 1. The van der Waals surface area contributed by atoms with Gasteiger partial charge in [-0.25, -0.2) is 9.69 Å². The molecule has 2 amide bonds. The molecule has 0 heterocycles. The van der Waals surface area contributed by atoms with Crippen molar-refractivity contribution in [2.75, 3.05) is 18.6 Å². The van der Waals surface area contributed by atoms with Crippen LogP contribution in [0.1, 0.15) is 43.4 Å². The Labute approximate surface area is 297 Å². The van der Waals surface area contributed by atoms with E-state index in [1.54, 1.807) is 18.2 Å². The molecule has 5 rings (SSSR count). The average molecular weight is 686 g/mol. The first-order valence-electron chi connectivity index (χ1n) is 16.9. The van der Waals surface area contributed by atoms with E-state index in [0.717, 1.165) is 21.6 Å². The minimum absolute atomic E-state index is 0.188. The number of benzene rings is 5. The van der Waals surface area contributed by atoms with E-state index < -0.39 is 32.3 Å². The number of imide groups is 1. The van der Waals surface area contributed by atoms with Gasteiger partial charge in [0.05, 0.1) is 25.4 Å². The number of amides is 2. The lowest BCUT2D eigenvalue weighted by Gasteiger charge is -2.43. The van der Waals surface area contributed by atoms with Crippen molar-refractivity contribution in [1.29, 1.82) is 0 Å². The molecule has 0 spiro atoms. The summed E-state index contributed by atoms with van der Waals surface area (Å²) in [6, 6.07) is 45.9. The number of anilines is 1. The van der Waals surface area contributed by atoms with Crippen LogP contribution in [0, 0.1) is 0 Å². The largest absolute Gasteiger partial charge is 0.452 e. The summed E-state index contributed by atoms with van der Waals surface area (Å²) >= 11 is 0. The van der Waals surface area contributed by atoms with Crippen molar-refractivity contribution in [3.63, 3.8) is 0 Å². The van der Waals surface area contributed by atoms with Gasteiger partial charge in [0.25, 0.3) is 14.2 Å². The highest BCUT2D eigenvalue weighted by Gasteiger charge is 2.50. The number of rotatable bonds is 12. The third-order valence-corrected chi connectivity index (χ3v) is 14.1. The predicted octanol–water partition coefficient (Wildman–Crippen LogP) is 6.39. The third-order valence-electron chi connectivity index (χ3n) is 9.14. The minimum atomic E-state index is -2.78. The molecule has 7 nitrogen and oxygen atoms in total. The molecular weight excluding hydrogens is 639 g/mol. The van der Waals surface area contributed by atoms with E-state index in [0.29, 0.717) is 18.7 Å². The maximum Gasteiger partial charge on any atom is 0.420 e. The summed E-state index contributed by atoms with van der Waals surface area (Å²) in [5.41, 5.74) is 16.5. The van der Waals surface area contributed by atoms with E-state index in [2.05, 4.69) is 69.3 Å². The van der Waals surface area contributed by atoms with Gasteiger partial charge in [-0.15, -0.1) is 0 Å². The molecule has 2 atom stereocenters. The number of carbonyl (C=O) groups is 2. The number of hydrogen-bond donors (Lipinski definition) is 2. The van der Waals surface area contributed by atoms with Gasteiger partial charge in [0.1, 0.15) is 0 Å². The maximum atomic E-state index is 14.2. The van der Waals surface area contributed by atoms with Crippen LogP contribution in [-0.2, 0) is 20.4 Å². The van der Waals surface area contributed by atoms with E-state index in [1.165, 1.54) is 17.5 Å². The van der Waals surface area contributed by atoms with E-state index in [-0.39, 0.29) is 11.1 Å². The SMILES string of the molecule is COC(=O)N(C(=O)[C@@H](N)C(c1ccccc1)c1ccccc1)c1cccc(C[C@H](N)CO[Si](c2ccccc2)(c2ccccc2)C(C)(C)C)c1. The molecule has 0 aliphatic heterocycles. The average Bonchev–Trinajstić information content (AvgIpc) is 3.13. The highest BCUT2D eigenvalue weighted by atomic mass is 28.4. The summed E-state index contributed by atoms with van der Waals surface area (Å²) in [5, 5.41) is 2.17. The van der Waals surface area contributed by atoms with Crippen molar-refractivity contribution in [1.82, 2.24) is 0 Å². The van der Waals surface area contributed by atoms with Crippen LogP contribution in [0.2, 0.25) is 5.04 Å². The van der Waals surface area contributed by atoms with Gasteiger partial charge in [-0.05, 0) is 50.7 Å². The Kier molecular flexibility index (Phi) is 11.8. The van der Waals surface area contributed by atoms with E-state index in [1.807, 2.05) is 78.9 Å². The second kappa shape index (κ2) is 16.2. The molecule has 0 saturated heterocycles. The molecular formula is C42H47N3O4Si. The molecule has 0 bridgehead atoms. The molecule has 5 aromatic carbocycles. The van der Waals surface area contributed by atoms with Gasteiger partial charge in [0.2, 0.25) is 0 Å². The Morgan fingerprint density at radius 2 is 1.18 bits per heavy atom. The number of carbonyl (C=O) groups excluding carboxylic acids is 2. The lowest BCUT2D eigenvalue weighted by atomic mass is 9.84. The molecule has 0 aromatic heterocycles. The van der Waals surface area contributed by atoms with E-state index >= 15 is 0 Å². The first kappa shape index (κ1) is 36.4. The molecule has 0 aliphatic carbocycles. The van der Waals surface area contributed by atoms with Gasteiger partial charge in [-0.1, -0.05) is 154 Å². The smallest absolute Gasteiger partial charge is 0.420 e. The van der Waals surface area contributed by atoms with Crippen LogP contribution in [0.3, 0.4) is 0 Å². The second-order valence-corrected chi connectivity index (χ2v) is 17.9. The Morgan fingerprint density at radius 1 is 0.700 bits per heavy atom. The summed E-state index contributed by atoms with van der Waals surface area (Å²) in [4.78, 5) is 28.5. The first-order chi connectivity index (χ1) is 24.1. The van der Waals surface area contributed by atoms with Gasteiger partial charge in [0.15, 0.2) is 0 Å². The van der Waals surface area contributed by atoms with Crippen molar-refractivity contribution >= 4 is 36.4 Å². The fourth-order valence-corrected chi connectivity index (χ4v) is 11.4. The number of nitrogens with zero attached hydrogens (tertiary/aromatic N) is 1. The fourth-order valence-electron chi connectivity index (χ4n) is 6.81. The quantitative estimate of drug-likeness (QED) is 0.147. The Hall–Kier alpha value is -4.86. The Morgan fingerprint density at radius 3 is 1.64 bits per heavy atom. The minimum Gasteiger partial charge on any atom is -0.452 e. The molecule has 4 N–H and O–H groups in total. The zero-order valence-electron chi connectivity index (χ0n) is 29.2. The van der Waals surface area contributed by atoms with Gasteiger partial charge in [-0.3, -0.25) is 4.79 Å². The van der Waals surface area contributed by atoms with Gasteiger partial charge in [0, 0.05) is 12.0 Å². The van der Waals surface area contributed by atoms with Gasteiger partial charge < -0.3 is 20.6 Å². The number of ether oxygens (including phenoxy) is 1. The maximum absolute atomic E-state index is 14.2. The zero-order valence-corrected chi connectivity index (χ0v) is 30.2. The van der Waals surface area contributed by atoms with Crippen LogP contribution in [0.15, 0.2) is 146 Å². The molecule has 0 saturated carbocycles. The van der Waals surface area contributed by atoms with Crippen LogP contribution >= 0.6 is 0 Å². The Balaban J connectivity index is 1.41. The highest BCUT2D eigenvalue weighted by molar-refractivity contribution is 6.99. The summed E-state index contributed by atoms with van der Waals surface area (Å²) in [6.07, 6.45) is -0.361. The molecule has 258 valence electrons. The van der Waals surface area contributed by atoms with E-state index in [9.17, 15) is 9.59 Å². The predicted molar refractivity (Wildman–Crippen MR) is 204 cm³/mol. The van der Waals surface area contributed by atoms with Crippen LogP contribution in [-0.4, -0.2) is 46.1 Å². The molecule has 5 aromatic rings. The fraction of sp³-hybridized carbons (Fsp3) is 0.238. The third kappa shape index (κ3) is 7.95. The molecule has 8 heteroatoms. The van der Waals surface area contributed by atoms with Crippen molar-refractivity contribution in [2.45, 2.75) is 50.2 Å². The monoisotopic (exact) mass is 685 g/mol. The van der Waals surface area contributed by atoms with Crippen molar-refractivity contribution in [3.8, 4) is 0 Å². The van der Waals surface area contributed by atoms with Crippen LogP contribution in [0.4, 0.5) is 10.5 Å². The van der Waals surface area contributed by atoms with Crippen LogP contribution in [0.25, 0.3) is 0 Å². The van der Waals surface area contributed by atoms with Crippen molar-refractivity contribution in [3.05, 3.63) is 162 Å². The second-order valence-electron chi connectivity index (χ2n) is 13.6. The van der Waals surface area contributed by atoms with Crippen LogP contribution < -0.4 is 26.7 Å². The summed E-state index contributed by atoms with van der Waals surface area (Å²) < 4.78 is 12.2. The number of nitrogens with two attached hydrogens (primary N) is 2. The van der Waals surface area contributed by atoms with E-state index in [4.69, 9.17) is 20.6 Å². The standard InChI is InChI=1S/C42H47N3O4Si/c1-42(2,3)50(36-24-13-7-14-25-36,37-26-15-8-16-27-37)49-30-34(43)28-31-18-17-23-35(29-31)45(41(47)48-4)40(46)39(44)38(32-19-9-5-10-20-32)33-21-11-6-12-22-33/h5-27,29,34,38-39H,28,30,43-44H2,1-4H3/t34-,39-/m0/s1. The zero-order chi connectivity index (χ0) is 35.7. The lowest BCUT2D eigenvalue weighted by Crippen LogP contribution is -2.67. The molecule has 0 unspecified atom stereocenters. The molecule has 0 radical (unpaired) electrons. The molecule has 0 fully saturated rings. The molecule has 50 heavy (non-hydrogen) atoms. The van der Waals surface area contributed by atoms with Gasteiger partial charge in [-0.2, -0.15) is 0 Å². The summed E-state index contributed by atoms with van der Waals surface area (Å²) in [7, 11) is -1.53. The first-order valence-corrected chi connectivity index (χ1v) is 18.8. The van der Waals surface area contributed by atoms with Crippen molar-refractivity contribution in [2.24, 2.45) is 11.5 Å². The normalized spacial score (nSPS) is 13.0. The summed E-state index contributed by atoms with van der Waals surface area (Å²) in [6.45, 7) is 7.02. The van der Waals surface area contributed by atoms with Gasteiger partial charge >= 0.3 is 6.09 Å².